The molecule has 3 rings (SSSR count). The van der Waals surface area contributed by atoms with Gasteiger partial charge in [0.05, 0.1) is 21.6 Å². The first kappa shape index (κ1) is 17.2. The Morgan fingerprint density at radius 3 is 2.64 bits per heavy atom. The summed E-state index contributed by atoms with van der Waals surface area (Å²) in [4.78, 5) is 22.5. The third-order valence-electron chi connectivity index (χ3n) is 4.10. The maximum Gasteiger partial charge on any atom is 0.270 e. The van der Waals surface area contributed by atoms with E-state index in [1.54, 1.807) is 18.2 Å². The van der Waals surface area contributed by atoms with E-state index in [1.165, 1.54) is 25.0 Å². The number of nitrogens with one attached hydrogen (secondary N) is 1. The summed E-state index contributed by atoms with van der Waals surface area (Å²) in [5.41, 5.74) is 0.595. The van der Waals surface area contributed by atoms with Crippen molar-refractivity contribution in [1.29, 1.82) is 0 Å². The molecular weight excluding hydrogens is 344 g/mol. The summed E-state index contributed by atoms with van der Waals surface area (Å²) in [6, 6.07) is 10.9. The lowest BCUT2D eigenvalue weighted by molar-refractivity contribution is -0.384. The Labute approximate surface area is 149 Å². The van der Waals surface area contributed by atoms with Crippen LogP contribution in [0.1, 0.15) is 36.0 Å². The Morgan fingerprint density at radius 2 is 1.96 bits per heavy atom. The van der Waals surface area contributed by atoms with Gasteiger partial charge in [-0.25, -0.2) is 0 Å². The normalized spacial score (nSPS) is 14.3. The van der Waals surface area contributed by atoms with Gasteiger partial charge < -0.3 is 10.1 Å². The number of anilines is 1. The zero-order valence-electron chi connectivity index (χ0n) is 13.4. The number of rotatable bonds is 5. The van der Waals surface area contributed by atoms with Crippen LogP contribution >= 0.6 is 11.6 Å². The van der Waals surface area contributed by atoms with Crippen molar-refractivity contribution < 1.29 is 14.5 Å². The molecule has 25 heavy (non-hydrogen) atoms. The molecule has 1 amide bonds. The van der Waals surface area contributed by atoms with Crippen molar-refractivity contribution in [3.63, 3.8) is 0 Å². The minimum atomic E-state index is -0.558. The van der Waals surface area contributed by atoms with E-state index in [0.717, 1.165) is 18.9 Å². The summed E-state index contributed by atoms with van der Waals surface area (Å²) >= 11 is 5.99. The highest BCUT2D eigenvalue weighted by Gasteiger charge is 2.17. The molecule has 0 bridgehead atoms. The number of nitro groups is 1. The number of carbonyl (C=O) groups excluding carboxylic acids is 1. The van der Waals surface area contributed by atoms with Gasteiger partial charge in [-0.15, -0.1) is 0 Å². The van der Waals surface area contributed by atoms with E-state index >= 15 is 0 Å². The molecule has 0 spiro atoms. The molecule has 1 aliphatic carbocycles. The summed E-state index contributed by atoms with van der Waals surface area (Å²) in [7, 11) is 0. The second kappa shape index (κ2) is 7.53. The second-order valence-electron chi connectivity index (χ2n) is 5.93. The van der Waals surface area contributed by atoms with Gasteiger partial charge in [-0.1, -0.05) is 17.7 Å². The number of hydrogen-bond donors (Lipinski definition) is 1. The van der Waals surface area contributed by atoms with Gasteiger partial charge in [0.1, 0.15) is 5.75 Å². The molecular formula is C18H17ClN2O4. The highest BCUT2D eigenvalue weighted by atomic mass is 35.5. The van der Waals surface area contributed by atoms with Crippen molar-refractivity contribution in [3.8, 4) is 5.75 Å². The van der Waals surface area contributed by atoms with E-state index in [4.69, 9.17) is 16.3 Å². The molecule has 0 heterocycles. The van der Waals surface area contributed by atoms with Crippen molar-refractivity contribution in [3.05, 3.63) is 63.2 Å². The lowest BCUT2D eigenvalue weighted by atomic mass is 10.2. The standard InChI is InChI=1S/C18H17ClN2O4/c19-17-11-13(21(23)24)8-9-16(17)18(22)20-12-4-3-7-15(10-12)25-14-5-1-2-6-14/h3-4,7-11,14H,1-2,5-6H2,(H,20,22). The third kappa shape index (κ3) is 4.28. The van der Waals surface area contributed by atoms with Crippen LogP contribution in [0.2, 0.25) is 5.02 Å². The minimum Gasteiger partial charge on any atom is -0.490 e. The van der Waals surface area contributed by atoms with E-state index in [9.17, 15) is 14.9 Å². The van der Waals surface area contributed by atoms with E-state index in [0.29, 0.717) is 11.4 Å². The molecule has 0 unspecified atom stereocenters. The van der Waals surface area contributed by atoms with Gasteiger partial charge in [0, 0.05) is 23.9 Å². The number of nitrogens with zero attached hydrogens (tertiary/aromatic N) is 1. The van der Waals surface area contributed by atoms with Gasteiger partial charge in [-0.2, -0.15) is 0 Å². The van der Waals surface area contributed by atoms with Crippen LogP contribution in [-0.4, -0.2) is 16.9 Å². The van der Waals surface area contributed by atoms with Crippen LogP contribution in [0.15, 0.2) is 42.5 Å². The lowest BCUT2D eigenvalue weighted by Crippen LogP contribution is -2.14. The summed E-state index contributed by atoms with van der Waals surface area (Å²) < 4.78 is 5.92. The molecule has 0 radical (unpaired) electrons. The zero-order chi connectivity index (χ0) is 17.8. The van der Waals surface area contributed by atoms with Crippen molar-refractivity contribution in [1.82, 2.24) is 0 Å². The largest absolute Gasteiger partial charge is 0.490 e. The topological polar surface area (TPSA) is 81.5 Å². The first-order valence-electron chi connectivity index (χ1n) is 8.05. The van der Waals surface area contributed by atoms with Gasteiger partial charge in [0.2, 0.25) is 0 Å². The molecule has 1 fully saturated rings. The summed E-state index contributed by atoms with van der Waals surface area (Å²) in [5, 5.41) is 13.5. The van der Waals surface area contributed by atoms with Crippen LogP contribution in [0.25, 0.3) is 0 Å². The van der Waals surface area contributed by atoms with Crippen LogP contribution in [0.3, 0.4) is 0 Å². The first-order chi connectivity index (χ1) is 12.0. The van der Waals surface area contributed by atoms with Crippen LogP contribution < -0.4 is 10.1 Å². The van der Waals surface area contributed by atoms with Crippen molar-refractivity contribution in [2.75, 3.05) is 5.32 Å². The number of halogens is 1. The SMILES string of the molecule is O=C(Nc1cccc(OC2CCCC2)c1)c1ccc([N+](=O)[O-])cc1Cl. The van der Waals surface area contributed by atoms with Crippen LogP contribution in [0.5, 0.6) is 5.75 Å². The number of amides is 1. The predicted molar refractivity (Wildman–Crippen MR) is 95.4 cm³/mol. The summed E-state index contributed by atoms with van der Waals surface area (Å²) in [6.07, 6.45) is 4.69. The Balaban J connectivity index is 1.71. The summed E-state index contributed by atoms with van der Waals surface area (Å²) in [5.74, 6) is 0.275. The average Bonchev–Trinajstić information content (AvgIpc) is 3.07. The van der Waals surface area contributed by atoms with E-state index in [-0.39, 0.29) is 22.4 Å². The molecule has 1 N–H and O–H groups in total. The molecule has 2 aromatic carbocycles. The average molecular weight is 361 g/mol. The molecule has 1 saturated carbocycles. The quantitative estimate of drug-likeness (QED) is 0.612. The highest BCUT2D eigenvalue weighted by molar-refractivity contribution is 6.34. The summed E-state index contributed by atoms with van der Waals surface area (Å²) in [6.45, 7) is 0. The number of non-ortho nitro benzene ring substituents is 1. The fraction of sp³-hybridized carbons (Fsp3) is 0.278. The number of nitro benzene ring substituents is 1. The maximum atomic E-state index is 12.4. The Bertz CT molecular complexity index is 803. The Morgan fingerprint density at radius 1 is 1.20 bits per heavy atom. The molecule has 0 saturated heterocycles. The Kier molecular flexibility index (Phi) is 5.19. The van der Waals surface area contributed by atoms with Crippen LogP contribution in [0, 0.1) is 10.1 Å². The van der Waals surface area contributed by atoms with Gasteiger partial charge in [-0.3, -0.25) is 14.9 Å². The maximum absolute atomic E-state index is 12.4. The van der Waals surface area contributed by atoms with Crippen LogP contribution in [0.4, 0.5) is 11.4 Å². The smallest absolute Gasteiger partial charge is 0.270 e. The number of carbonyl (C=O) groups is 1. The van der Waals surface area contributed by atoms with Gasteiger partial charge in [0.25, 0.3) is 11.6 Å². The van der Waals surface area contributed by atoms with Gasteiger partial charge >= 0.3 is 0 Å². The fourth-order valence-corrected chi connectivity index (χ4v) is 3.11. The highest BCUT2D eigenvalue weighted by Crippen LogP contribution is 2.27. The van der Waals surface area contributed by atoms with Gasteiger partial charge in [0.15, 0.2) is 0 Å². The number of hydrogen-bond acceptors (Lipinski definition) is 4. The number of ether oxygens (including phenoxy) is 1. The number of benzene rings is 2. The van der Waals surface area contributed by atoms with Crippen LogP contribution in [-0.2, 0) is 0 Å². The van der Waals surface area contributed by atoms with E-state index < -0.39 is 10.8 Å². The molecule has 0 aliphatic heterocycles. The fourth-order valence-electron chi connectivity index (χ4n) is 2.85. The van der Waals surface area contributed by atoms with E-state index in [2.05, 4.69) is 5.32 Å². The molecule has 0 aromatic heterocycles. The predicted octanol–water partition coefficient (Wildman–Crippen LogP) is 4.82. The Hall–Kier alpha value is -2.60. The first-order valence-corrected chi connectivity index (χ1v) is 8.43. The van der Waals surface area contributed by atoms with Crippen molar-refractivity contribution >= 4 is 28.9 Å². The molecule has 130 valence electrons. The van der Waals surface area contributed by atoms with Gasteiger partial charge in [-0.05, 0) is 43.9 Å². The van der Waals surface area contributed by atoms with E-state index in [1.807, 2.05) is 6.07 Å². The molecule has 0 atom stereocenters. The molecule has 1 aliphatic rings. The van der Waals surface area contributed by atoms with Crippen molar-refractivity contribution in [2.24, 2.45) is 0 Å². The second-order valence-corrected chi connectivity index (χ2v) is 6.33. The molecule has 7 heteroatoms. The monoisotopic (exact) mass is 360 g/mol. The zero-order valence-corrected chi connectivity index (χ0v) is 14.2. The van der Waals surface area contributed by atoms with Crippen molar-refractivity contribution in [2.45, 2.75) is 31.8 Å². The lowest BCUT2D eigenvalue weighted by Gasteiger charge is -2.14. The minimum absolute atomic E-state index is 0.0325. The third-order valence-corrected chi connectivity index (χ3v) is 4.42. The molecule has 6 nitrogen and oxygen atoms in total. The molecule has 2 aromatic rings.